The molecule has 0 aliphatic heterocycles. The molecule has 0 aromatic heterocycles. The molecule has 0 aliphatic carbocycles. The summed E-state index contributed by atoms with van der Waals surface area (Å²) in [4.78, 5) is 10.5. The fourth-order valence-electron chi connectivity index (χ4n) is 0.965. The van der Waals surface area contributed by atoms with Crippen LogP contribution in [0.25, 0.3) is 0 Å². The van der Waals surface area contributed by atoms with E-state index < -0.39 is 10.7 Å². The zero-order valence-electron chi connectivity index (χ0n) is 6.57. The molecule has 0 saturated heterocycles. The second-order valence-corrected chi connectivity index (χ2v) is 4.35. The monoisotopic (exact) mass is 262 g/mol. The molecule has 0 atom stereocenters. The third kappa shape index (κ3) is 2.93. The van der Waals surface area contributed by atoms with Crippen molar-refractivity contribution in [3.05, 3.63) is 33.8 Å². The molecule has 0 amide bonds. The molecule has 0 bridgehead atoms. The highest BCUT2D eigenvalue weighted by atomic mass is 79.9. The highest BCUT2D eigenvalue weighted by Gasteiger charge is 2.02. The summed E-state index contributed by atoms with van der Waals surface area (Å²) >= 11 is 3.20. The third-order valence-electron chi connectivity index (χ3n) is 1.53. The Morgan fingerprint density at radius 2 is 2.08 bits per heavy atom. The van der Waals surface area contributed by atoms with Crippen LogP contribution in [0.1, 0.15) is 15.9 Å². The maximum absolute atomic E-state index is 10.5. The number of benzene rings is 1. The summed E-state index contributed by atoms with van der Waals surface area (Å²) in [5.41, 5.74) is 0.947. The summed E-state index contributed by atoms with van der Waals surface area (Å²) in [5, 5.41) is 0. The normalized spacial score (nSPS) is 10.3. The largest absolute Gasteiger partial charge is 0.298 e. The van der Waals surface area contributed by atoms with Gasteiger partial charge in [0, 0.05) is 10.0 Å². The van der Waals surface area contributed by atoms with Crippen molar-refractivity contribution >= 4 is 32.9 Å². The van der Waals surface area contributed by atoms with Gasteiger partial charge in [-0.05, 0) is 17.7 Å². The summed E-state index contributed by atoms with van der Waals surface area (Å²) in [6.07, 6.45) is 0.653. The minimum Gasteiger partial charge on any atom is -0.298 e. The van der Waals surface area contributed by atoms with E-state index in [4.69, 9.17) is 0 Å². The fourth-order valence-corrected chi connectivity index (χ4v) is 1.93. The lowest BCUT2D eigenvalue weighted by atomic mass is 10.1. The van der Waals surface area contributed by atoms with Crippen LogP contribution >= 0.6 is 15.9 Å². The summed E-state index contributed by atoms with van der Waals surface area (Å²) in [7, 11) is -2.49. The van der Waals surface area contributed by atoms with Crippen LogP contribution in [-0.2, 0) is 16.5 Å². The molecule has 5 heteroatoms. The molecule has 0 aliphatic rings. The van der Waals surface area contributed by atoms with Crippen molar-refractivity contribution in [1.29, 1.82) is 0 Å². The predicted octanol–water partition coefficient (Wildman–Crippen LogP) is 1.37. The zero-order chi connectivity index (χ0) is 9.84. The van der Waals surface area contributed by atoms with Gasteiger partial charge in [-0.2, -0.15) is 0 Å². The summed E-state index contributed by atoms with van der Waals surface area (Å²) in [6.45, 7) is 0. The standard InChI is InChI=1S/C8H7BrO3S/c9-8-2-1-6(4-10)7(3-8)5-13(11)12/h1-4,13H,5H2. The van der Waals surface area contributed by atoms with Crippen molar-refractivity contribution in [2.75, 3.05) is 0 Å². The molecule has 70 valence electrons. The smallest absolute Gasteiger partial charge is 0.150 e. The summed E-state index contributed by atoms with van der Waals surface area (Å²) < 4.78 is 21.7. The zero-order valence-corrected chi connectivity index (χ0v) is 9.05. The van der Waals surface area contributed by atoms with Crippen molar-refractivity contribution in [1.82, 2.24) is 0 Å². The Bertz CT molecular complexity index is 390. The van der Waals surface area contributed by atoms with Gasteiger partial charge in [-0.15, -0.1) is 0 Å². The Balaban J connectivity index is 3.15. The number of hydrogen-bond donors (Lipinski definition) is 1. The Labute approximate surface area is 85.8 Å². The van der Waals surface area contributed by atoms with Crippen LogP contribution < -0.4 is 0 Å². The second kappa shape index (κ2) is 4.53. The van der Waals surface area contributed by atoms with E-state index in [1.54, 1.807) is 18.2 Å². The van der Waals surface area contributed by atoms with Gasteiger partial charge in [0.05, 0.1) is 5.75 Å². The molecule has 0 heterocycles. The van der Waals surface area contributed by atoms with Gasteiger partial charge in [0.15, 0.2) is 0 Å². The van der Waals surface area contributed by atoms with Crippen molar-refractivity contribution in [3.63, 3.8) is 0 Å². The van der Waals surface area contributed by atoms with Crippen molar-refractivity contribution in [2.45, 2.75) is 5.75 Å². The Hall–Kier alpha value is -0.680. The maximum atomic E-state index is 10.5. The van der Waals surface area contributed by atoms with E-state index in [0.717, 1.165) is 4.47 Å². The van der Waals surface area contributed by atoms with Crippen LogP contribution in [0.5, 0.6) is 0 Å². The van der Waals surface area contributed by atoms with Gasteiger partial charge in [0.25, 0.3) is 0 Å². The van der Waals surface area contributed by atoms with E-state index in [1.165, 1.54) is 0 Å². The van der Waals surface area contributed by atoms with Crippen LogP contribution in [0.2, 0.25) is 0 Å². The highest BCUT2D eigenvalue weighted by molar-refractivity contribution is 9.10. The number of halogens is 1. The number of rotatable bonds is 3. The molecule has 0 fully saturated rings. The van der Waals surface area contributed by atoms with Crippen molar-refractivity contribution in [3.8, 4) is 0 Å². The molecule has 0 radical (unpaired) electrons. The molecule has 13 heavy (non-hydrogen) atoms. The average Bonchev–Trinajstić information content (AvgIpc) is 2.03. The van der Waals surface area contributed by atoms with E-state index in [2.05, 4.69) is 15.9 Å². The Morgan fingerprint density at radius 1 is 1.38 bits per heavy atom. The number of aldehydes is 1. The highest BCUT2D eigenvalue weighted by Crippen LogP contribution is 2.16. The van der Waals surface area contributed by atoms with Gasteiger partial charge in [-0.1, -0.05) is 22.0 Å². The maximum Gasteiger partial charge on any atom is 0.150 e. The van der Waals surface area contributed by atoms with Crippen molar-refractivity contribution < 1.29 is 13.2 Å². The first-order valence-electron chi connectivity index (χ1n) is 3.49. The molecule has 1 aromatic carbocycles. The molecule has 1 aromatic rings. The third-order valence-corrected chi connectivity index (χ3v) is 2.62. The quantitative estimate of drug-likeness (QED) is 0.662. The number of thiol groups is 1. The van der Waals surface area contributed by atoms with E-state index in [1.807, 2.05) is 0 Å². The van der Waals surface area contributed by atoms with E-state index in [0.29, 0.717) is 17.4 Å². The Kier molecular flexibility index (Phi) is 3.62. The first-order valence-corrected chi connectivity index (χ1v) is 5.64. The molecule has 0 N–H and O–H groups in total. The van der Waals surface area contributed by atoms with Gasteiger partial charge in [0.1, 0.15) is 17.0 Å². The SMILES string of the molecule is O=Cc1ccc(Br)cc1C[SH](=O)=O. The number of carbonyl (C=O) groups is 1. The van der Waals surface area contributed by atoms with E-state index in [9.17, 15) is 13.2 Å². The van der Waals surface area contributed by atoms with Crippen LogP contribution in [0.3, 0.4) is 0 Å². The fraction of sp³-hybridized carbons (Fsp3) is 0.125. The first kappa shape index (κ1) is 10.4. The predicted molar refractivity (Wildman–Crippen MR) is 53.5 cm³/mol. The summed E-state index contributed by atoms with van der Waals surface area (Å²) in [6, 6.07) is 4.92. The number of hydrogen-bond acceptors (Lipinski definition) is 3. The van der Waals surface area contributed by atoms with Crippen LogP contribution in [-0.4, -0.2) is 14.7 Å². The first-order chi connectivity index (χ1) is 6.13. The number of carbonyl (C=O) groups excluding carboxylic acids is 1. The van der Waals surface area contributed by atoms with Crippen LogP contribution in [0.4, 0.5) is 0 Å². The van der Waals surface area contributed by atoms with Gasteiger partial charge in [-0.25, -0.2) is 8.42 Å². The molecule has 1 rings (SSSR count). The molecule has 3 nitrogen and oxygen atoms in total. The van der Waals surface area contributed by atoms with Crippen molar-refractivity contribution in [2.24, 2.45) is 0 Å². The lowest BCUT2D eigenvalue weighted by molar-refractivity contribution is 0.112. The molecule has 0 saturated carbocycles. The van der Waals surface area contributed by atoms with E-state index >= 15 is 0 Å². The van der Waals surface area contributed by atoms with Crippen LogP contribution in [0, 0.1) is 0 Å². The lowest BCUT2D eigenvalue weighted by Crippen LogP contribution is -1.93. The average molecular weight is 263 g/mol. The van der Waals surface area contributed by atoms with Gasteiger partial charge < -0.3 is 0 Å². The topological polar surface area (TPSA) is 51.2 Å². The van der Waals surface area contributed by atoms with Gasteiger partial charge in [-0.3, -0.25) is 4.79 Å². The lowest BCUT2D eigenvalue weighted by Gasteiger charge is -2.00. The minimum atomic E-state index is -2.49. The van der Waals surface area contributed by atoms with Crippen LogP contribution in [0.15, 0.2) is 22.7 Å². The summed E-state index contributed by atoms with van der Waals surface area (Å²) in [5.74, 6) is -0.0944. The second-order valence-electron chi connectivity index (χ2n) is 2.45. The Morgan fingerprint density at radius 3 is 2.62 bits per heavy atom. The van der Waals surface area contributed by atoms with Gasteiger partial charge in [0.2, 0.25) is 0 Å². The minimum absolute atomic E-state index is 0.0944. The van der Waals surface area contributed by atoms with Gasteiger partial charge >= 0.3 is 0 Å². The molecular formula is C8H7BrO3S. The molecule has 0 unspecified atom stereocenters. The van der Waals surface area contributed by atoms with E-state index in [-0.39, 0.29) is 5.75 Å². The molecular weight excluding hydrogens is 256 g/mol. The molecule has 0 spiro atoms.